The first-order chi connectivity index (χ1) is 9.15. The number of aromatic hydroxyl groups is 2. The minimum Gasteiger partial charge on any atom is -0.508 e. The fourth-order valence-electron chi connectivity index (χ4n) is 2.35. The van der Waals surface area contributed by atoms with Crippen molar-refractivity contribution in [3.63, 3.8) is 0 Å². The molecule has 96 valence electrons. The van der Waals surface area contributed by atoms with Crippen LogP contribution in [-0.4, -0.2) is 16.2 Å². The minimum atomic E-state index is -0.562. The number of phenolic OH excluding ortho intramolecular Hbond substituents is 2. The summed E-state index contributed by atoms with van der Waals surface area (Å²) in [6, 6.07) is 12.0. The molecule has 0 radical (unpaired) electrons. The first-order valence-electron chi connectivity index (χ1n) is 5.96. The Bertz CT molecular complexity index is 634. The largest absolute Gasteiger partial charge is 0.508 e. The molecule has 2 aromatic carbocycles. The van der Waals surface area contributed by atoms with Crippen LogP contribution in [0.2, 0.25) is 0 Å². The molecule has 0 spiro atoms. The summed E-state index contributed by atoms with van der Waals surface area (Å²) in [5.74, 6) is -0.864. The molecule has 1 atom stereocenters. The Morgan fingerprint density at radius 1 is 1.11 bits per heavy atom. The number of ether oxygens (including phenoxy) is 1. The smallest absolute Gasteiger partial charge is 0.342 e. The lowest BCUT2D eigenvalue weighted by Crippen LogP contribution is -2.21. The number of fused-ring (bicyclic) bond motifs is 1. The number of esters is 1. The van der Waals surface area contributed by atoms with Gasteiger partial charge in [-0.2, -0.15) is 0 Å². The minimum absolute atomic E-state index is 0.0576. The maximum Gasteiger partial charge on any atom is 0.342 e. The lowest BCUT2D eigenvalue weighted by atomic mass is 9.94. The van der Waals surface area contributed by atoms with Crippen molar-refractivity contribution in [2.24, 2.45) is 0 Å². The number of carbonyl (C=O) groups excluding carboxylic acids is 1. The monoisotopic (exact) mass is 256 g/mol. The van der Waals surface area contributed by atoms with Crippen molar-refractivity contribution >= 4 is 5.97 Å². The van der Waals surface area contributed by atoms with E-state index in [0.29, 0.717) is 12.0 Å². The fraction of sp³-hybridized carbons (Fsp3) is 0.133. The summed E-state index contributed by atoms with van der Waals surface area (Å²) >= 11 is 0. The van der Waals surface area contributed by atoms with Gasteiger partial charge in [0.05, 0.1) is 0 Å². The second-order valence-electron chi connectivity index (χ2n) is 4.51. The molecule has 19 heavy (non-hydrogen) atoms. The van der Waals surface area contributed by atoms with Gasteiger partial charge >= 0.3 is 5.97 Å². The molecule has 1 aliphatic heterocycles. The predicted molar refractivity (Wildman–Crippen MR) is 68.1 cm³/mol. The van der Waals surface area contributed by atoms with Gasteiger partial charge in [-0.1, -0.05) is 30.3 Å². The zero-order valence-corrected chi connectivity index (χ0v) is 10.0. The van der Waals surface area contributed by atoms with E-state index in [2.05, 4.69) is 0 Å². The zero-order chi connectivity index (χ0) is 13.4. The van der Waals surface area contributed by atoms with Gasteiger partial charge in [-0.25, -0.2) is 4.79 Å². The van der Waals surface area contributed by atoms with Crippen molar-refractivity contribution in [1.82, 2.24) is 0 Å². The molecule has 0 unspecified atom stereocenters. The van der Waals surface area contributed by atoms with Gasteiger partial charge in [0.1, 0.15) is 23.2 Å². The van der Waals surface area contributed by atoms with Crippen molar-refractivity contribution in [2.45, 2.75) is 12.5 Å². The van der Waals surface area contributed by atoms with E-state index < -0.39 is 5.97 Å². The Kier molecular flexibility index (Phi) is 2.63. The van der Waals surface area contributed by atoms with E-state index in [1.54, 1.807) is 0 Å². The van der Waals surface area contributed by atoms with Gasteiger partial charge in [0.15, 0.2) is 0 Å². The van der Waals surface area contributed by atoms with Crippen molar-refractivity contribution in [3.8, 4) is 11.5 Å². The molecule has 1 aliphatic rings. The quantitative estimate of drug-likeness (QED) is 0.769. The van der Waals surface area contributed by atoms with Crippen LogP contribution in [0, 0.1) is 0 Å². The third kappa shape index (κ3) is 2.01. The molecule has 4 nitrogen and oxygen atoms in total. The summed E-state index contributed by atoms with van der Waals surface area (Å²) in [6.07, 6.45) is 0.0509. The summed E-state index contributed by atoms with van der Waals surface area (Å²) < 4.78 is 5.34. The Hall–Kier alpha value is -2.49. The second kappa shape index (κ2) is 4.31. The molecule has 2 aromatic rings. The Morgan fingerprint density at radius 2 is 1.84 bits per heavy atom. The molecule has 0 saturated carbocycles. The van der Waals surface area contributed by atoms with Crippen LogP contribution >= 0.6 is 0 Å². The molecule has 0 fully saturated rings. The van der Waals surface area contributed by atoms with Gasteiger partial charge < -0.3 is 14.9 Å². The van der Waals surface area contributed by atoms with Crippen LogP contribution in [-0.2, 0) is 11.2 Å². The number of hydrogen-bond acceptors (Lipinski definition) is 4. The van der Waals surface area contributed by atoms with Crippen molar-refractivity contribution in [3.05, 3.63) is 59.2 Å². The first kappa shape index (κ1) is 11.6. The lowest BCUT2D eigenvalue weighted by molar-refractivity contribution is 0.0248. The van der Waals surface area contributed by atoms with Crippen LogP contribution in [0.5, 0.6) is 11.5 Å². The summed E-state index contributed by atoms with van der Waals surface area (Å²) in [5, 5.41) is 19.2. The van der Waals surface area contributed by atoms with E-state index in [4.69, 9.17) is 4.74 Å². The van der Waals surface area contributed by atoms with Crippen molar-refractivity contribution in [2.75, 3.05) is 0 Å². The number of carbonyl (C=O) groups is 1. The third-order valence-corrected chi connectivity index (χ3v) is 3.21. The van der Waals surface area contributed by atoms with E-state index in [-0.39, 0.29) is 23.2 Å². The van der Waals surface area contributed by atoms with E-state index in [0.717, 1.165) is 11.6 Å². The molecule has 0 bridgehead atoms. The summed E-state index contributed by atoms with van der Waals surface area (Å²) in [7, 11) is 0. The molecule has 0 amide bonds. The SMILES string of the molecule is O=C1O[C@@H](c2ccccc2)Cc2cc(O)cc(O)c21. The topological polar surface area (TPSA) is 66.8 Å². The molecule has 0 aromatic heterocycles. The van der Waals surface area contributed by atoms with Gasteiger partial charge in [-0.05, 0) is 17.2 Å². The van der Waals surface area contributed by atoms with Crippen LogP contribution in [0.15, 0.2) is 42.5 Å². The molecule has 1 heterocycles. The summed E-state index contributed by atoms with van der Waals surface area (Å²) in [4.78, 5) is 11.9. The highest BCUT2D eigenvalue weighted by Crippen LogP contribution is 2.36. The molecule has 2 N–H and O–H groups in total. The Labute approximate surface area is 109 Å². The van der Waals surface area contributed by atoms with Gasteiger partial charge in [0, 0.05) is 12.5 Å². The van der Waals surface area contributed by atoms with Crippen molar-refractivity contribution in [1.29, 1.82) is 0 Å². The predicted octanol–water partition coefficient (Wildman–Crippen LogP) is 2.55. The van der Waals surface area contributed by atoms with Gasteiger partial charge in [-0.15, -0.1) is 0 Å². The van der Waals surface area contributed by atoms with Crippen molar-refractivity contribution < 1.29 is 19.7 Å². The highest BCUT2D eigenvalue weighted by molar-refractivity contribution is 5.95. The standard InChI is InChI=1S/C15H12O4/c16-11-6-10-7-13(9-4-2-1-3-5-9)19-15(18)14(10)12(17)8-11/h1-6,8,13,16-17H,7H2/t13-/m1/s1. The Morgan fingerprint density at radius 3 is 2.58 bits per heavy atom. The van der Waals surface area contributed by atoms with Crippen LogP contribution in [0.3, 0.4) is 0 Å². The summed E-state index contributed by atoms with van der Waals surface area (Å²) in [6.45, 7) is 0. The average Bonchev–Trinajstić information content (AvgIpc) is 2.38. The van der Waals surface area contributed by atoms with Gasteiger partial charge in [-0.3, -0.25) is 0 Å². The highest BCUT2D eigenvalue weighted by atomic mass is 16.5. The van der Waals surface area contributed by atoms with Gasteiger partial charge in [0.25, 0.3) is 0 Å². The van der Waals surface area contributed by atoms with Crippen LogP contribution in [0.25, 0.3) is 0 Å². The molecule has 0 aliphatic carbocycles. The maximum atomic E-state index is 11.9. The molecular weight excluding hydrogens is 244 g/mol. The van der Waals surface area contributed by atoms with Crippen LogP contribution in [0.4, 0.5) is 0 Å². The van der Waals surface area contributed by atoms with E-state index >= 15 is 0 Å². The number of hydrogen-bond donors (Lipinski definition) is 2. The highest BCUT2D eigenvalue weighted by Gasteiger charge is 2.30. The van der Waals surface area contributed by atoms with E-state index in [9.17, 15) is 15.0 Å². The Balaban J connectivity index is 2.03. The number of rotatable bonds is 1. The lowest BCUT2D eigenvalue weighted by Gasteiger charge is -2.25. The molecule has 0 saturated heterocycles. The third-order valence-electron chi connectivity index (χ3n) is 3.21. The number of benzene rings is 2. The molecular formula is C15H12O4. The number of cyclic esters (lactones) is 1. The normalized spacial score (nSPS) is 17.7. The molecule has 3 rings (SSSR count). The van der Waals surface area contributed by atoms with E-state index in [1.165, 1.54) is 6.07 Å². The maximum absolute atomic E-state index is 11.9. The summed E-state index contributed by atoms with van der Waals surface area (Å²) in [5.41, 5.74) is 1.64. The fourth-order valence-corrected chi connectivity index (χ4v) is 2.35. The van der Waals surface area contributed by atoms with Crippen LogP contribution < -0.4 is 0 Å². The average molecular weight is 256 g/mol. The first-order valence-corrected chi connectivity index (χ1v) is 5.96. The van der Waals surface area contributed by atoms with E-state index in [1.807, 2.05) is 30.3 Å². The second-order valence-corrected chi connectivity index (χ2v) is 4.51. The zero-order valence-electron chi connectivity index (χ0n) is 10.0. The van der Waals surface area contributed by atoms with Crippen LogP contribution in [0.1, 0.15) is 27.6 Å². The van der Waals surface area contributed by atoms with Gasteiger partial charge in [0.2, 0.25) is 0 Å². The number of phenols is 2. The molecule has 4 heteroatoms.